The summed E-state index contributed by atoms with van der Waals surface area (Å²) in [6.45, 7) is 6.82. The van der Waals surface area contributed by atoms with Gasteiger partial charge in [0.25, 0.3) is 0 Å². The molecule has 1 N–H and O–H groups in total. The standard InChI is InChI=1S/C12H25NO/c1-3-5-9-13(10-6-4-2)11-7-8-12(11)14/h11-12,14H,3-10H2,1-2H3/t11-,12-/m1/s1. The molecule has 0 amide bonds. The zero-order valence-electron chi connectivity index (χ0n) is 9.71. The molecule has 2 nitrogen and oxygen atoms in total. The minimum absolute atomic E-state index is 0.0382. The minimum Gasteiger partial charge on any atom is -0.391 e. The first-order valence-electron chi connectivity index (χ1n) is 6.21. The fourth-order valence-corrected chi connectivity index (χ4v) is 2.06. The highest BCUT2D eigenvalue weighted by atomic mass is 16.3. The molecule has 1 rings (SSSR count). The maximum atomic E-state index is 9.64. The van der Waals surface area contributed by atoms with Crippen LogP contribution in [-0.4, -0.2) is 35.2 Å². The summed E-state index contributed by atoms with van der Waals surface area (Å²) >= 11 is 0. The van der Waals surface area contributed by atoms with Crippen molar-refractivity contribution in [3.8, 4) is 0 Å². The summed E-state index contributed by atoms with van der Waals surface area (Å²) in [5.41, 5.74) is 0. The lowest BCUT2D eigenvalue weighted by atomic mass is 9.87. The van der Waals surface area contributed by atoms with Crippen LogP contribution >= 0.6 is 0 Å². The van der Waals surface area contributed by atoms with Crippen molar-refractivity contribution in [1.29, 1.82) is 0 Å². The Labute approximate surface area is 88.3 Å². The van der Waals surface area contributed by atoms with Crippen LogP contribution in [0.4, 0.5) is 0 Å². The first-order chi connectivity index (χ1) is 6.79. The van der Waals surface area contributed by atoms with Crippen LogP contribution in [0.1, 0.15) is 52.4 Å². The van der Waals surface area contributed by atoms with E-state index in [0.717, 1.165) is 6.42 Å². The summed E-state index contributed by atoms with van der Waals surface area (Å²) in [6, 6.07) is 0.480. The highest BCUT2D eigenvalue weighted by Gasteiger charge is 2.33. The Balaban J connectivity index is 2.27. The number of aliphatic hydroxyl groups is 1. The molecule has 0 unspecified atom stereocenters. The van der Waals surface area contributed by atoms with Crippen molar-refractivity contribution < 1.29 is 5.11 Å². The van der Waals surface area contributed by atoms with Gasteiger partial charge in [0.1, 0.15) is 0 Å². The Morgan fingerprint density at radius 1 is 1.07 bits per heavy atom. The van der Waals surface area contributed by atoms with Crippen molar-refractivity contribution in [2.45, 2.75) is 64.5 Å². The van der Waals surface area contributed by atoms with Gasteiger partial charge in [-0.15, -0.1) is 0 Å². The Morgan fingerprint density at radius 3 is 1.93 bits per heavy atom. The summed E-state index contributed by atoms with van der Waals surface area (Å²) in [5.74, 6) is 0. The van der Waals surface area contributed by atoms with Gasteiger partial charge in [-0.05, 0) is 38.8 Å². The molecule has 2 atom stereocenters. The van der Waals surface area contributed by atoms with Crippen LogP contribution < -0.4 is 0 Å². The fourth-order valence-electron chi connectivity index (χ4n) is 2.06. The third kappa shape index (κ3) is 3.25. The van der Waals surface area contributed by atoms with Gasteiger partial charge < -0.3 is 5.11 Å². The molecule has 1 saturated carbocycles. The summed E-state index contributed by atoms with van der Waals surface area (Å²) < 4.78 is 0. The molecule has 0 aliphatic heterocycles. The molecule has 0 aromatic rings. The number of hydrogen-bond acceptors (Lipinski definition) is 2. The smallest absolute Gasteiger partial charge is 0.0696 e. The van der Waals surface area contributed by atoms with Crippen LogP contribution in [0, 0.1) is 0 Å². The van der Waals surface area contributed by atoms with E-state index in [1.807, 2.05) is 0 Å². The van der Waals surface area contributed by atoms with Crippen molar-refractivity contribution in [3.63, 3.8) is 0 Å². The molecule has 14 heavy (non-hydrogen) atoms. The van der Waals surface area contributed by atoms with E-state index >= 15 is 0 Å². The maximum absolute atomic E-state index is 9.64. The van der Waals surface area contributed by atoms with E-state index in [4.69, 9.17) is 0 Å². The molecule has 1 aliphatic rings. The Kier molecular flexibility index (Phi) is 5.49. The van der Waals surface area contributed by atoms with Crippen molar-refractivity contribution in [3.05, 3.63) is 0 Å². The van der Waals surface area contributed by atoms with E-state index in [1.165, 1.54) is 45.2 Å². The van der Waals surface area contributed by atoms with Crippen LogP contribution in [0.2, 0.25) is 0 Å². The van der Waals surface area contributed by atoms with Gasteiger partial charge in [-0.2, -0.15) is 0 Å². The van der Waals surface area contributed by atoms with Gasteiger partial charge in [-0.3, -0.25) is 4.90 Å². The Bertz CT molecular complexity index is 141. The molecule has 1 fully saturated rings. The topological polar surface area (TPSA) is 23.5 Å². The zero-order chi connectivity index (χ0) is 10.4. The monoisotopic (exact) mass is 199 g/mol. The van der Waals surface area contributed by atoms with Crippen molar-refractivity contribution in [1.82, 2.24) is 4.90 Å². The molecule has 0 radical (unpaired) electrons. The minimum atomic E-state index is -0.0382. The maximum Gasteiger partial charge on any atom is 0.0696 e. The summed E-state index contributed by atoms with van der Waals surface area (Å²) in [4.78, 5) is 2.50. The molecule has 0 aromatic carbocycles. The molecule has 0 saturated heterocycles. The van der Waals surface area contributed by atoms with Gasteiger partial charge in [0, 0.05) is 6.04 Å². The fraction of sp³-hybridized carbons (Fsp3) is 1.00. The predicted octanol–water partition coefficient (Wildman–Crippen LogP) is 2.41. The molecule has 0 bridgehead atoms. The summed E-state index contributed by atoms with van der Waals surface area (Å²) in [5, 5.41) is 9.64. The second-order valence-corrected chi connectivity index (χ2v) is 4.46. The Hall–Kier alpha value is -0.0800. The number of rotatable bonds is 7. The summed E-state index contributed by atoms with van der Waals surface area (Å²) in [6.07, 6.45) is 7.23. The lowest BCUT2D eigenvalue weighted by molar-refractivity contribution is -0.0220. The molecular formula is C12H25NO. The van der Waals surface area contributed by atoms with Crippen molar-refractivity contribution >= 4 is 0 Å². The molecule has 1 aliphatic carbocycles. The quantitative estimate of drug-likeness (QED) is 0.680. The van der Waals surface area contributed by atoms with Gasteiger partial charge in [0.2, 0.25) is 0 Å². The second-order valence-electron chi connectivity index (χ2n) is 4.46. The van der Waals surface area contributed by atoms with Crippen LogP contribution in [0.25, 0.3) is 0 Å². The van der Waals surface area contributed by atoms with E-state index in [0.29, 0.717) is 6.04 Å². The third-order valence-electron chi connectivity index (χ3n) is 3.27. The Morgan fingerprint density at radius 2 is 1.64 bits per heavy atom. The molecule has 2 heteroatoms. The molecular weight excluding hydrogens is 174 g/mol. The van der Waals surface area contributed by atoms with Crippen molar-refractivity contribution in [2.24, 2.45) is 0 Å². The predicted molar refractivity (Wildman–Crippen MR) is 60.4 cm³/mol. The summed E-state index contributed by atoms with van der Waals surface area (Å²) in [7, 11) is 0. The van der Waals surface area contributed by atoms with Gasteiger partial charge in [-0.25, -0.2) is 0 Å². The number of aliphatic hydroxyl groups excluding tert-OH is 1. The number of hydrogen-bond donors (Lipinski definition) is 1. The molecule has 84 valence electrons. The van der Waals surface area contributed by atoms with Crippen LogP contribution in [0.3, 0.4) is 0 Å². The van der Waals surface area contributed by atoms with Gasteiger partial charge >= 0.3 is 0 Å². The third-order valence-corrected chi connectivity index (χ3v) is 3.27. The number of nitrogens with zero attached hydrogens (tertiary/aromatic N) is 1. The van der Waals surface area contributed by atoms with E-state index in [1.54, 1.807) is 0 Å². The van der Waals surface area contributed by atoms with Gasteiger partial charge in [0.15, 0.2) is 0 Å². The normalized spacial score (nSPS) is 26.6. The highest BCUT2D eigenvalue weighted by molar-refractivity contribution is 4.88. The molecule has 0 aromatic heterocycles. The van der Waals surface area contributed by atoms with Gasteiger partial charge in [-0.1, -0.05) is 26.7 Å². The average molecular weight is 199 g/mol. The van der Waals surface area contributed by atoms with Crippen LogP contribution in [0.15, 0.2) is 0 Å². The average Bonchev–Trinajstić information content (AvgIpc) is 2.19. The first-order valence-corrected chi connectivity index (χ1v) is 6.21. The van der Waals surface area contributed by atoms with Crippen LogP contribution in [0.5, 0.6) is 0 Å². The lowest BCUT2D eigenvalue weighted by Gasteiger charge is -2.41. The van der Waals surface area contributed by atoms with E-state index in [-0.39, 0.29) is 6.10 Å². The van der Waals surface area contributed by atoms with E-state index in [2.05, 4.69) is 18.7 Å². The second kappa shape index (κ2) is 6.41. The first kappa shape index (κ1) is 12.0. The molecule has 0 heterocycles. The SMILES string of the molecule is CCCCN(CCCC)[C@@H]1CC[C@H]1O. The highest BCUT2D eigenvalue weighted by Crippen LogP contribution is 2.26. The van der Waals surface area contributed by atoms with Gasteiger partial charge in [0.05, 0.1) is 6.10 Å². The lowest BCUT2D eigenvalue weighted by Crippen LogP contribution is -2.51. The van der Waals surface area contributed by atoms with Crippen LogP contribution in [-0.2, 0) is 0 Å². The zero-order valence-corrected chi connectivity index (χ0v) is 9.71. The largest absolute Gasteiger partial charge is 0.391 e. The van der Waals surface area contributed by atoms with Crippen molar-refractivity contribution in [2.75, 3.05) is 13.1 Å². The van der Waals surface area contributed by atoms with E-state index < -0.39 is 0 Å². The molecule has 0 spiro atoms. The number of unbranched alkanes of at least 4 members (excludes halogenated alkanes) is 2. The van der Waals surface area contributed by atoms with E-state index in [9.17, 15) is 5.11 Å².